The van der Waals surface area contributed by atoms with Crippen LogP contribution >= 0.6 is 0 Å². The van der Waals surface area contributed by atoms with Crippen molar-refractivity contribution in [3.05, 3.63) is 51.4 Å². The number of fused-ring (bicyclic) bond motifs is 1. The highest BCUT2D eigenvalue weighted by Gasteiger charge is 2.19. The molecular weight excluding hydrogens is 216 g/mol. The van der Waals surface area contributed by atoms with Crippen LogP contribution in [0.15, 0.2) is 29.1 Å². The first kappa shape index (κ1) is 10.4. The van der Waals surface area contributed by atoms with E-state index in [2.05, 4.69) is 5.10 Å². The Balaban J connectivity index is 2.15. The van der Waals surface area contributed by atoms with Gasteiger partial charge < -0.3 is 4.74 Å². The Bertz CT molecular complexity index is 593. The third-order valence-corrected chi connectivity index (χ3v) is 3.13. The summed E-state index contributed by atoms with van der Waals surface area (Å²) in [5, 5.41) is 2.87. The lowest BCUT2D eigenvalue weighted by molar-refractivity contribution is 0.109. The molecule has 2 heterocycles. The van der Waals surface area contributed by atoms with Crippen LogP contribution in [0.2, 0.25) is 0 Å². The van der Waals surface area contributed by atoms with Crippen molar-refractivity contribution in [2.24, 2.45) is 0 Å². The highest BCUT2D eigenvalue weighted by atomic mass is 16.5. The van der Waals surface area contributed by atoms with E-state index in [1.807, 2.05) is 35.9 Å². The zero-order valence-corrected chi connectivity index (χ0v) is 9.69. The van der Waals surface area contributed by atoms with Gasteiger partial charge in [0.25, 0.3) is 5.56 Å². The largest absolute Gasteiger partial charge is 0.376 e. The summed E-state index contributed by atoms with van der Waals surface area (Å²) in [6.45, 7) is 3.14. The van der Waals surface area contributed by atoms with Gasteiger partial charge in [-0.3, -0.25) is 14.6 Å². The van der Waals surface area contributed by atoms with E-state index < -0.39 is 0 Å². The van der Waals surface area contributed by atoms with Gasteiger partial charge in [-0.2, -0.15) is 0 Å². The summed E-state index contributed by atoms with van der Waals surface area (Å²) in [5.41, 5.74) is 3.97. The molecule has 1 aromatic carbocycles. The minimum absolute atomic E-state index is 0.0414. The first-order valence-corrected chi connectivity index (χ1v) is 5.73. The van der Waals surface area contributed by atoms with Crippen LogP contribution in [0, 0.1) is 6.92 Å². The van der Waals surface area contributed by atoms with Crippen molar-refractivity contribution >= 4 is 0 Å². The van der Waals surface area contributed by atoms with Crippen molar-refractivity contribution < 1.29 is 4.74 Å². The lowest BCUT2D eigenvalue weighted by Gasteiger charge is -2.14. The topological polar surface area (TPSA) is 47.0 Å². The summed E-state index contributed by atoms with van der Waals surface area (Å²) in [7, 11) is 0. The number of aryl methyl sites for hydroxylation is 1. The number of ether oxygens (including phenoxy) is 1. The third-order valence-electron chi connectivity index (χ3n) is 3.13. The molecule has 0 saturated carbocycles. The van der Waals surface area contributed by atoms with E-state index >= 15 is 0 Å². The highest BCUT2D eigenvalue weighted by Crippen LogP contribution is 2.17. The van der Waals surface area contributed by atoms with Crippen molar-refractivity contribution in [2.75, 3.05) is 6.61 Å². The predicted octanol–water partition coefficient (Wildman–Crippen LogP) is 1.55. The second-order valence-corrected chi connectivity index (χ2v) is 4.34. The minimum Gasteiger partial charge on any atom is -0.376 e. The van der Waals surface area contributed by atoms with Crippen molar-refractivity contribution in [3.63, 3.8) is 0 Å². The standard InChI is InChI=1S/C13H14N2O2/c1-9-2-4-10(5-3-9)15-12-6-7-17-8-11(12)13(16)14-15/h2-5H,6-8H2,1H3,(H,14,16). The molecule has 0 amide bonds. The number of aromatic nitrogens is 2. The Morgan fingerprint density at radius 3 is 2.82 bits per heavy atom. The van der Waals surface area contributed by atoms with Gasteiger partial charge in [0.2, 0.25) is 0 Å². The summed E-state index contributed by atoms with van der Waals surface area (Å²) < 4.78 is 7.19. The molecule has 4 heteroatoms. The van der Waals surface area contributed by atoms with E-state index in [0.717, 1.165) is 23.4 Å². The summed E-state index contributed by atoms with van der Waals surface area (Å²) in [5.74, 6) is 0. The Hall–Kier alpha value is -1.81. The van der Waals surface area contributed by atoms with Gasteiger partial charge in [0.15, 0.2) is 0 Å². The average molecular weight is 230 g/mol. The fourth-order valence-electron chi connectivity index (χ4n) is 2.17. The molecule has 17 heavy (non-hydrogen) atoms. The number of hydrogen-bond donors (Lipinski definition) is 1. The molecule has 0 saturated heterocycles. The van der Waals surface area contributed by atoms with E-state index in [-0.39, 0.29) is 5.56 Å². The Labute approximate surface area is 98.8 Å². The van der Waals surface area contributed by atoms with Gasteiger partial charge in [-0.25, -0.2) is 0 Å². The maximum absolute atomic E-state index is 11.8. The number of hydrogen-bond acceptors (Lipinski definition) is 2. The maximum Gasteiger partial charge on any atom is 0.270 e. The number of aromatic amines is 1. The number of nitrogens with zero attached hydrogens (tertiary/aromatic N) is 1. The number of nitrogens with one attached hydrogen (secondary N) is 1. The Kier molecular flexibility index (Phi) is 2.37. The predicted molar refractivity (Wildman–Crippen MR) is 64.5 cm³/mol. The summed E-state index contributed by atoms with van der Waals surface area (Å²) in [6, 6.07) is 8.11. The average Bonchev–Trinajstić information content (AvgIpc) is 2.69. The molecule has 1 aliphatic heterocycles. The summed E-state index contributed by atoms with van der Waals surface area (Å²) in [6.07, 6.45) is 0.780. The lowest BCUT2D eigenvalue weighted by atomic mass is 10.1. The normalized spacial score (nSPS) is 14.6. The fourth-order valence-corrected chi connectivity index (χ4v) is 2.17. The second kappa shape index (κ2) is 3.89. The lowest BCUT2D eigenvalue weighted by Crippen LogP contribution is -2.15. The van der Waals surface area contributed by atoms with Gasteiger partial charge >= 0.3 is 0 Å². The molecule has 0 bridgehead atoms. The molecule has 3 rings (SSSR count). The van der Waals surface area contributed by atoms with Crippen LogP contribution in [0.3, 0.4) is 0 Å². The molecule has 0 aliphatic carbocycles. The summed E-state index contributed by atoms with van der Waals surface area (Å²) in [4.78, 5) is 11.8. The van der Waals surface area contributed by atoms with Crippen molar-refractivity contribution in [2.45, 2.75) is 20.0 Å². The molecule has 2 aromatic rings. The monoisotopic (exact) mass is 230 g/mol. The molecule has 1 N–H and O–H groups in total. The number of H-pyrrole nitrogens is 1. The molecule has 0 fully saturated rings. The van der Waals surface area contributed by atoms with Crippen molar-refractivity contribution in [1.29, 1.82) is 0 Å². The second-order valence-electron chi connectivity index (χ2n) is 4.34. The fraction of sp³-hybridized carbons (Fsp3) is 0.308. The van der Waals surface area contributed by atoms with Gasteiger partial charge in [0, 0.05) is 6.42 Å². The van der Waals surface area contributed by atoms with Crippen LogP contribution in [-0.4, -0.2) is 16.4 Å². The first-order valence-electron chi connectivity index (χ1n) is 5.73. The van der Waals surface area contributed by atoms with Gasteiger partial charge in [-0.15, -0.1) is 0 Å². The highest BCUT2D eigenvalue weighted by molar-refractivity contribution is 5.37. The SMILES string of the molecule is Cc1ccc(-n2[nH]c(=O)c3c2CCOC3)cc1. The van der Waals surface area contributed by atoms with Gasteiger partial charge in [0.1, 0.15) is 0 Å². The molecule has 0 atom stereocenters. The molecular formula is C13H14N2O2. The Morgan fingerprint density at radius 2 is 2.06 bits per heavy atom. The molecule has 4 nitrogen and oxygen atoms in total. The zero-order chi connectivity index (χ0) is 11.8. The van der Waals surface area contributed by atoms with Crippen LogP contribution in [0.5, 0.6) is 0 Å². The summed E-state index contributed by atoms with van der Waals surface area (Å²) >= 11 is 0. The zero-order valence-electron chi connectivity index (χ0n) is 9.69. The quantitative estimate of drug-likeness (QED) is 0.808. The van der Waals surface area contributed by atoms with E-state index in [0.29, 0.717) is 13.2 Å². The van der Waals surface area contributed by atoms with E-state index in [4.69, 9.17) is 4.74 Å². The number of rotatable bonds is 1. The van der Waals surface area contributed by atoms with Crippen molar-refractivity contribution in [1.82, 2.24) is 9.78 Å². The maximum atomic E-state index is 11.8. The van der Waals surface area contributed by atoms with Gasteiger partial charge in [0.05, 0.1) is 30.2 Å². The van der Waals surface area contributed by atoms with Crippen molar-refractivity contribution in [3.8, 4) is 5.69 Å². The van der Waals surface area contributed by atoms with Crippen LogP contribution in [0.1, 0.15) is 16.8 Å². The molecule has 88 valence electrons. The molecule has 0 spiro atoms. The van der Waals surface area contributed by atoms with E-state index in [9.17, 15) is 4.79 Å². The first-order chi connectivity index (χ1) is 8.25. The molecule has 0 unspecified atom stereocenters. The minimum atomic E-state index is -0.0414. The molecule has 0 radical (unpaired) electrons. The number of benzene rings is 1. The van der Waals surface area contributed by atoms with Gasteiger partial charge in [-0.05, 0) is 19.1 Å². The van der Waals surface area contributed by atoms with E-state index in [1.54, 1.807) is 0 Å². The van der Waals surface area contributed by atoms with Crippen LogP contribution < -0.4 is 5.56 Å². The van der Waals surface area contributed by atoms with E-state index in [1.165, 1.54) is 5.56 Å². The van der Waals surface area contributed by atoms with Crippen LogP contribution in [0.25, 0.3) is 5.69 Å². The smallest absolute Gasteiger partial charge is 0.270 e. The molecule has 1 aromatic heterocycles. The Morgan fingerprint density at radius 1 is 1.29 bits per heavy atom. The van der Waals surface area contributed by atoms with Crippen LogP contribution in [0.4, 0.5) is 0 Å². The van der Waals surface area contributed by atoms with Crippen LogP contribution in [-0.2, 0) is 17.8 Å². The van der Waals surface area contributed by atoms with Gasteiger partial charge in [-0.1, -0.05) is 17.7 Å². The third kappa shape index (κ3) is 1.70. The molecule has 1 aliphatic rings.